The lowest BCUT2D eigenvalue weighted by Gasteiger charge is -2.27. The zero-order valence-electron chi connectivity index (χ0n) is 10.9. The van der Waals surface area contributed by atoms with Gasteiger partial charge >= 0.3 is 5.97 Å². The number of carboxylic acid groups (broad SMARTS) is 1. The van der Waals surface area contributed by atoms with Crippen molar-refractivity contribution in [2.24, 2.45) is 5.73 Å². The summed E-state index contributed by atoms with van der Waals surface area (Å²) in [5.41, 5.74) is 5.94. The lowest BCUT2D eigenvalue weighted by atomic mass is 10.1. The average Bonchev–Trinajstić information content (AvgIpc) is 2.88. The summed E-state index contributed by atoms with van der Waals surface area (Å²) in [5, 5.41) is 11.3. The first-order valence-electron chi connectivity index (χ1n) is 6.34. The van der Waals surface area contributed by atoms with Crippen LogP contribution in [-0.4, -0.2) is 42.4 Å². The summed E-state index contributed by atoms with van der Waals surface area (Å²) in [6.07, 6.45) is 3.64. The number of carbonyl (C=O) groups is 1. The molecule has 0 spiro atoms. The van der Waals surface area contributed by atoms with Gasteiger partial charge in [0, 0.05) is 25.6 Å². The molecule has 1 aliphatic rings. The van der Waals surface area contributed by atoms with Crippen LogP contribution in [0.15, 0.2) is 5.38 Å². The van der Waals surface area contributed by atoms with E-state index in [4.69, 9.17) is 15.6 Å². The number of aromatic nitrogens is 1. The van der Waals surface area contributed by atoms with Crippen LogP contribution in [0.3, 0.4) is 0 Å². The van der Waals surface area contributed by atoms with Crippen LogP contribution in [0.5, 0.6) is 0 Å². The molecule has 1 saturated heterocycles. The zero-order chi connectivity index (χ0) is 13.8. The maximum absolute atomic E-state index is 10.8. The summed E-state index contributed by atoms with van der Waals surface area (Å²) in [6.45, 7) is 1.60. The molecule has 19 heavy (non-hydrogen) atoms. The van der Waals surface area contributed by atoms with Gasteiger partial charge in [0.2, 0.25) is 0 Å². The van der Waals surface area contributed by atoms with Crippen molar-refractivity contribution >= 4 is 22.4 Å². The van der Waals surface area contributed by atoms with Crippen LogP contribution in [0.1, 0.15) is 31.0 Å². The molecule has 2 unspecified atom stereocenters. The Morgan fingerprint density at radius 3 is 3.16 bits per heavy atom. The number of ether oxygens (including phenoxy) is 1. The van der Waals surface area contributed by atoms with E-state index in [2.05, 4.69) is 4.98 Å². The highest BCUT2D eigenvalue weighted by molar-refractivity contribution is 7.13. The largest absolute Gasteiger partial charge is 0.480 e. The summed E-state index contributed by atoms with van der Waals surface area (Å²) in [4.78, 5) is 17.1. The first-order chi connectivity index (χ1) is 9.08. The number of aliphatic carboxylic acids is 1. The Kier molecular flexibility index (Phi) is 4.73. The zero-order valence-corrected chi connectivity index (χ0v) is 11.7. The normalized spacial score (nSPS) is 21.1. The lowest BCUT2D eigenvalue weighted by molar-refractivity contribution is -0.138. The Hall–Kier alpha value is -1.18. The number of hydrogen-bond acceptors (Lipinski definition) is 6. The second kappa shape index (κ2) is 6.31. The predicted molar refractivity (Wildman–Crippen MR) is 73.5 cm³/mol. The SMILES string of the molecule is CN(CC1CCCCO1)c1nc(C(N)C(=O)O)cs1. The number of likely N-dealkylation sites (N-methyl/N-ethyl adjacent to an activating group) is 1. The Balaban J connectivity index is 1.95. The van der Waals surface area contributed by atoms with Gasteiger partial charge in [-0.1, -0.05) is 0 Å². The van der Waals surface area contributed by atoms with Gasteiger partial charge in [0.05, 0.1) is 11.8 Å². The minimum absolute atomic E-state index is 0.235. The van der Waals surface area contributed by atoms with Crippen LogP contribution in [0.4, 0.5) is 5.13 Å². The Bertz CT molecular complexity index is 432. The molecule has 2 rings (SSSR count). The molecule has 2 atom stereocenters. The van der Waals surface area contributed by atoms with Gasteiger partial charge in [-0.3, -0.25) is 4.79 Å². The van der Waals surface area contributed by atoms with Crippen molar-refractivity contribution in [3.8, 4) is 0 Å². The van der Waals surface area contributed by atoms with E-state index < -0.39 is 12.0 Å². The third-order valence-electron chi connectivity index (χ3n) is 3.17. The average molecular weight is 285 g/mol. The molecule has 0 bridgehead atoms. The van der Waals surface area contributed by atoms with Crippen molar-refractivity contribution in [3.63, 3.8) is 0 Å². The van der Waals surface area contributed by atoms with Gasteiger partial charge in [-0.05, 0) is 19.3 Å². The third kappa shape index (κ3) is 3.65. The van der Waals surface area contributed by atoms with Crippen LogP contribution in [0.2, 0.25) is 0 Å². The minimum atomic E-state index is -1.06. The maximum Gasteiger partial charge on any atom is 0.326 e. The summed E-state index contributed by atoms with van der Waals surface area (Å²) < 4.78 is 5.68. The van der Waals surface area contributed by atoms with Crippen molar-refractivity contribution in [1.82, 2.24) is 4.98 Å². The van der Waals surface area contributed by atoms with Gasteiger partial charge in [-0.2, -0.15) is 0 Å². The molecule has 1 aromatic rings. The van der Waals surface area contributed by atoms with E-state index in [9.17, 15) is 4.79 Å². The summed E-state index contributed by atoms with van der Waals surface area (Å²) in [7, 11) is 1.94. The molecule has 1 aliphatic heterocycles. The van der Waals surface area contributed by atoms with Crippen molar-refractivity contribution < 1.29 is 14.6 Å². The van der Waals surface area contributed by atoms with Gasteiger partial charge < -0.3 is 20.5 Å². The van der Waals surface area contributed by atoms with Crippen molar-refractivity contribution in [2.45, 2.75) is 31.4 Å². The van der Waals surface area contributed by atoms with E-state index in [0.717, 1.165) is 31.1 Å². The van der Waals surface area contributed by atoms with Gasteiger partial charge in [0.15, 0.2) is 5.13 Å². The van der Waals surface area contributed by atoms with E-state index in [1.165, 1.54) is 17.8 Å². The molecule has 0 aromatic carbocycles. The van der Waals surface area contributed by atoms with E-state index in [1.807, 2.05) is 11.9 Å². The molecule has 1 aromatic heterocycles. The van der Waals surface area contributed by atoms with E-state index in [1.54, 1.807) is 5.38 Å². The molecule has 3 N–H and O–H groups in total. The van der Waals surface area contributed by atoms with Crippen LogP contribution in [-0.2, 0) is 9.53 Å². The predicted octanol–water partition coefficient (Wildman–Crippen LogP) is 1.23. The molecule has 6 nitrogen and oxygen atoms in total. The van der Waals surface area contributed by atoms with E-state index in [0.29, 0.717) is 5.69 Å². The molecule has 0 aliphatic carbocycles. The first-order valence-corrected chi connectivity index (χ1v) is 7.22. The number of nitrogens with zero attached hydrogens (tertiary/aromatic N) is 2. The molecule has 1 fully saturated rings. The number of rotatable bonds is 5. The molecular formula is C12H19N3O3S. The molecule has 0 saturated carbocycles. The lowest BCUT2D eigenvalue weighted by Crippen LogP contribution is -2.33. The van der Waals surface area contributed by atoms with Crippen molar-refractivity contribution in [1.29, 1.82) is 0 Å². The number of anilines is 1. The molecule has 7 heteroatoms. The van der Waals surface area contributed by atoms with E-state index >= 15 is 0 Å². The van der Waals surface area contributed by atoms with Crippen molar-refractivity contribution in [2.75, 3.05) is 25.1 Å². The molecule has 2 heterocycles. The summed E-state index contributed by atoms with van der Waals surface area (Å²) in [6, 6.07) is -1.05. The quantitative estimate of drug-likeness (QED) is 0.846. The number of thiazole rings is 1. The van der Waals surface area contributed by atoms with Crippen molar-refractivity contribution in [3.05, 3.63) is 11.1 Å². The topological polar surface area (TPSA) is 88.7 Å². The Morgan fingerprint density at radius 1 is 1.74 bits per heavy atom. The van der Waals surface area contributed by atoms with Crippen LogP contribution in [0.25, 0.3) is 0 Å². The van der Waals surface area contributed by atoms with Crippen LogP contribution >= 0.6 is 11.3 Å². The van der Waals surface area contributed by atoms with Crippen LogP contribution in [0, 0.1) is 0 Å². The minimum Gasteiger partial charge on any atom is -0.480 e. The molecule has 106 valence electrons. The highest BCUT2D eigenvalue weighted by Crippen LogP contribution is 2.24. The molecule has 0 amide bonds. The Labute approximate surface area is 116 Å². The summed E-state index contributed by atoms with van der Waals surface area (Å²) >= 11 is 1.41. The summed E-state index contributed by atoms with van der Waals surface area (Å²) in [5.74, 6) is -1.06. The fraction of sp³-hybridized carbons (Fsp3) is 0.667. The van der Waals surface area contributed by atoms with Gasteiger partial charge in [-0.15, -0.1) is 11.3 Å². The van der Waals surface area contributed by atoms with Gasteiger partial charge in [-0.25, -0.2) is 4.98 Å². The standard InChI is InChI=1S/C12H19N3O3S/c1-15(6-8-4-2-3-5-18-8)12-14-9(7-19-12)10(13)11(16)17/h7-8,10H,2-6,13H2,1H3,(H,16,17). The maximum atomic E-state index is 10.8. The number of carboxylic acids is 1. The van der Waals surface area contributed by atoms with E-state index in [-0.39, 0.29) is 6.10 Å². The third-order valence-corrected chi connectivity index (χ3v) is 4.15. The van der Waals surface area contributed by atoms with Gasteiger partial charge in [0.1, 0.15) is 6.04 Å². The fourth-order valence-corrected chi connectivity index (χ4v) is 2.89. The fourth-order valence-electron chi connectivity index (χ4n) is 2.06. The highest BCUT2D eigenvalue weighted by atomic mass is 32.1. The second-order valence-corrected chi connectivity index (χ2v) is 5.58. The highest BCUT2D eigenvalue weighted by Gasteiger charge is 2.21. The van der Waals surface area contributed by atoms with Gasteiger partial charge in [0.25, 0.3) is 0 Å². The first kappa shape index (κ1) is 14.2. The molecular weight excluding hydrogens is 266 g/mol. The molecule has 0 radical (unpaired) electrons. The Morgan fingerprint density at radius 2 is 2.53 bits per heavy atom. The number of hydrogen-bond donors (Lipinski definition) is 2. The smallest absolute Gasteiger partial charge is 0.326 e. The number of nitrogens with two attached hydrogens (primary N) is 1. The monoisotopic (exact) mass is 285 g/mol. The van der Waals surface area contributed by atoms with Crippen LogP contribution < -0.4 is 10.6 Å². The second-order valence-electron chi connectivity index (χ2n) is 4.74.